The predicted octanol–water partition coefficient (Wildman–Crippen LogP) is 4.64. The second-order valence-corrected chi connectivity index (χ2v) is 18.3. The van der Waals surface area contributed by atoms with Crippen LogP contribution in [0.4, 0.5) is 17.6 Å². The summed E-state index contributed by atoms with van der Waals surface area (Å²) in [5.74, 6) is -7.64. The number of benzene rings is 2. The third-order valence-electron chi connectivity index (χ3n) is 12.0. The number of amides is 4. The second-order valence-electron chi connectivity index (χ2n) is 16.2. The molecular weight excluding hydrogens is 799 g/mol. The Hall–Kier alpha value is -5.26. The zero-order valence-electron chi connectivity index (χ0n) is 32.6. The summed E-state index contributed by atoms with van der Waals surface area (Å²) in [4.78, 5) is 62.3. The number of hydrogen-bond donors (Lipinski definition) is 3. The van der Waals surface area contributed by atoms with Crippen molar-refractivity contribution in [1.29, 1.82) is 0 Å². The molecule has 2 saturated carbocycles. The van der Waals surface area contributed by atoms with Crippen molar-refractivity contribution in [2.75, 3.05) is 20.3 Å². The number of halogens is 4. The van der Waals surface area contributed by atoms with Crippen molar-refractivity contribution in [2.45, 2.75) is 87.3 Å². The summed E-state index contributed by atoms with van der Waals surface area (Å²) in [5.41, 5.74) is -2.27. The van der Waals surface area contributed by atoms with Gasteiger partial charge in [-0.05, 0) is 86.1 Å². The molecule has 3 fully saturated rings. The monoisotopic (exact) mass is 843 g/mol. The molecule has 59 heavy (non-hydrogen) atoms. The number of nitrogens with zero attached hydrogens (tertiary/aromatic N) is 2. The van der Waals surface area contributed by atoms with Gasteiger partial charge in [0.05, 0.1) is 19.2 Å². The van der Waals surface area contributed by atoms with Crippen LogP contribution in [-0.2, 0) is 24.4 Å². The number of methoxy groups -OCH3 is 1. The number of ether oxygens (including phenoxy) is 2. The molecule has 2 aliphatic carbocycles. The van der Waals surface area contributed by atoms with Gasteiger partial charge in [-0.15, -0.1) is 0 Å². The van der Waals surface area contributed by atoms with Gasteiger partial charge in [0.15, 0.2) is 11.6 Å². The molecule has 3 N–H and O–H groups in total. The van der Waals surface area contributed by atoms with E-state index >= 15 is 0 Å². The molecule has 7 rings (SSSR count). The summed E-state index contributed by atoms with van der Waals surface area (Å²) in [6, 6.07) is 3.95. The van der Waals surface area contributed by atoms with Crippen molar-refractivity contribution in [2.24, 2.45) is 17.8 Å². The molecule has 2 aliphatic heterocycles. The van der Waals surface area contributed by atoms with E-state index in [1.165, 1.54) is 30.3 Å². The predicted molar refractivity (Wildman–Crippen MR) is 206 cm³/mol. The lowest BCUT2D eigenvalue weighted by Crippen LogP contribution is -2.59. The molecule has 0 bridgehead atoms. The van der Waals surface area contributed by atoms with Gasteiger partial charge in [-0.3, -0.25) is 23.9 Å². The van der Waals surface area contributed by atoms with Crippen molar-refractivity contribution < 1.29 is 54.6 Å². The van der Waals surface area contributed by atoms with Gasteiger partial charge in [-0.25, -0.2) is 31.0 Å². The third-order valence-corrected chi connectivity index (χ3v) is 14.1. The van der Waals surface area contributed by atoms with Gasteiger partial charge in [0.25, 0.3) is 11.8 Å². The van der Waals surface area contributed by atoms with Crippen molar-refractivity contribution in [3.8, 4) is 11.6 Å². The number of pyridine rings is 1. The number of carbonyl (C=O) groups is 4. The van der Waals surface area contributed by atoms with Crippen molar-refractivity contribution in [1.82, 2.24) is 25.2 Å². The van der Waals surface area contributed by atoms with Crippen LogP contribution in [0.25, 0.3) is 10.8 Å². The Morgan fingerprint density at radius 2 is 1.81 bits per heavy atom. The van der Waals surface area contributed by atoms with Gasteiger partial charge in [0.1, 0.15) is 46.8 Å². The molecule has 2 aromatic carbocycles. The van der Waals surface area contributed by atoms with E-state index in [0.717, 1.165) is 12.1 Å². The summed E-state index contributed by atoms with van der Waals surface area (Å²) < 4.78 is 95.4. The lowest BCUT2D eigenvalue weighted by atomic mass is 9.87. The third kappa shape index (κ3) is 8.19. The number of carbonyl (C=O) groups excluding carboxylic acids is 4. The number of hydrogen-bond acceptors (Lipinski definition) is 9. The Bertz CT molecular complexity index is 2330. The zero-order valence-corrected chi connectivity index (χ0v) is 33.4. The summed E-state index contributed by atoms with van der Waals surface area (Å²) >= 11 is 0. The minimum atomic E-state index is -4.46. The van der Waals surface area contributed by atoms with Crippen molar-refractivity contribution >= 4 is 44.4 Å². The highest BCUT2D eigenvalue weighted by atomic mass is 32.2. The zero-order chi connectivity index (χ0) is 42.4. The van der Waals surface area contributed by atoms with E-state index in [4.69, 9.17) is 9.47 Å². The Morgan fingerprint density at radius 3 is 2.51 bits per heavy atom. The SMILES string of the molecule is COc1cc2ccnc(O[C@@H]3C[C@H]4C(=O)N[C@]5(C(=O)NS(=O)(=O)C6(CF)CC6)C[C@H]5C=CCC[C@@H](C)C[C@@H](C)[C@H](NC(=O)c5ccc(F)cc5F)C(=O)N4C3)c2cc1F. The lowest BCUT2D eigenvalue weighted by Gasteiger charge is -2.33. The molecule has 0 unspecified atom stereocenters. The first-order valence-corrected chi connectivity index (χ1v) is 21.0. The van der Waals surface area contributed by atoms with E-state index in [-0.39, 0.29) is 55.2 Å². The second kappa shape index (κ2) is 16.1. The molecule has 3 heterocycles. The summed E-state index contributed by atoms with van der Waals surface area (Å²) in [5, 5.41) is 6.15. The van der Waals surface area contributed by atoms with Crippen LogP contribution in [0.1, 0.15) is 69.2 Å². The van der Waals surface area contributed by atoms with Crippen LogP contribution in [0.5, 0.6) is 11.6 Å². The Kier molecular flexibility index (Phi) is 11.4. The molecule has 0 radical (unpaired) electrons. The highest BCUT2D eigenvalue weighted by Crippen LogP contribution is 2.48. The molecular formula is C41H45F4N5O8S. The maximum atomic E-state index is 14.9. The van der Waals surface area contributed by atoms with E-state index in [9.17, 15) is 45.2 Å². The number of sulfonamides is 1. The van der Waals surface area contributed by atoms with Gasteiger partial charge in [0, 0.05) is 30.0 Å². The summed E-state index contributed by atoms with van der Waals surface area (Å²) in [6.45, 7) is 2.23. The van der Waals surface area contributed by atoms with Crippen LogP contribution in [0.15, 0.2) is 54.7 Å². The molecule has 4 amide bonds. The largest absolute Gasteiger partial charge is 0.494 e. The fourth-order valence-electron chi connectivity index (χ4n) is 8.20. The quantitative estimate of drug-likeness (QED) is 0.205. The fourth-order valence-corrected chi connectivity index (χ4v) is 9.62. The van der Waals surface area contributed by atoms with Crippen LogP contribution in [0.2, 0.25) is 0 Å². The smallest absolute Gasteiger partial charge is 0.259 e. The number of aromatic nitrogens is 1. The average Bonchev–Trinajstić information content (AvgIpc) is 4.09. The first-order valence-electron chi connectivity index (χ1n) is 19.5. The minimum absolute atomic E-state index is 0.0150. The van der Waals surface area contributed by atoms with Crippen LogP contribution >= 0.6 is 0 Å². The van der Waals surface area contributed by atoms with Crippen LogP contribution in [-0.4, -0.2) is 90.7 Å². The molecule has 1 saturated heterocycles. The number of fused-ring (bicyclic) bond motifs is 3. The van der Waals surface area contributed by atoms with E-state index in [1.54, 1.807) is 19.1 Å². The number of alkyl halides is 1. The molecule has 0 spiro atoms. The topological polar surface area (TPSA) is 173 Å². The minimum Gasteiger partial charge on any atom is -0.494 e. The first-order chi connectivity index (χ1) is 28.0. The molecule has 18 heteroatoms. The lowest BCUT2D eigenvalue weighted by molar-refractivity contribution is -0.142. The van der Waals surface area contributed by atoms with E-state index < -0.39 is 104 Å². The van der Waals surface area contributed by atoms with Gasteiger partial charge >= 0.3 is 0 Å². The van der Waals surface area contributed by atoms with E-state index in [2.05, 4.69) is 15.6 Å². The van der Waals surface area contributed by atoms with E-state index in [0.29, 0.717) is 30.7 Å². The summed E-state index contributed by atoms with van der Waals surface area (Å²) in [6.07, 6.45) is 5.46. The van der Waals surface area contributed by atoms with Crippen molar-refractivity contribution in [3.05, 3.63) is 77.8 Å². The molecule has 316 valence electrons. The maximum Gasteiger partial charge on any atom is 0.259 e. The fraction of sp³-hybridized carbons (Fsp3) is 0.488. The highest BCUT2D eigenvalue weighted by Gasteiger charge is 2.64. The average molecular weight is 844 g/mol. The Labute approximate surface area is 338 Å². The normalized spacial score (nSPS) is 28.0. The Morgan fingerprint density at radius 1 is 1.05 bits per heavy atom. The molecule has 13 nitrogen and oxygen atoms in total. The molecule has 3 aromatic rings. The highest BCUT2D eigenvalue weighted by molar-refractivity contribution is 7.91. The number of allylic oxidation sites excluding steroid dienone is 1. The maximum absolute atomic E-state index is 14.9. The number of nitrogens with one attached hydrogen (secondary N) is 3. The van der Waals surface area contributed by atoms with Gasteiger partial charge in [0.2, 0.25) is 27.7 Å². The van der Waals surface area contributed by atoms with Gasteiger partial charge in [-0.2, -0.15) is 0 Å². The van der Waals surface area contributed by atoms with Gasteiger partial charge < -0.3 is 25.0 Å². The Balaban J connectivity index is 1.24. The van der Waals surface area contributed by atoms with E-state index in [1.807, 2.05) is 17.7 Å². The van der Waals surface area contributed by atoms with Crippen LogP contribution in [0.3, 0.4) is 0 Å². The van der Waals surface area contributed by atoms with Gasteiger partial charge in [-0.1, -0.05) is 26.0 Å². The standard InChI is InChI=1S/C41H45F4N5O8S/c1-22-6-4-5-7-25-19-41(25,39(54)49-59(55,56)40(21-42)11-12-40)48-36(52)32-17-27(58-37-29-18-31(45)33(57-3)15-24(29)10-13-46-37)20-50(32)38(53)34(23(2)14-22)47-35(51)28-9-8-26(43)16-30(28)44/h5,7-10,13,15-16,18,22-23,25,27,32,34H,4,6,11-12,14,17,19-21H2,1-3H3,(H,47,51)(H,48,52)(H,49,54)/t22-,23-,25-,27-,32+,34+,41-/m1/s1. The van der Waals surface area contributed by atoms with Crippen molar-refractivity contribution in [3.63, 3.8) is 0 Å². The molecule has 7 atom stereocenters. The molecule has 4 aliphatic rings. The first kappa shape index (κ1) is 41.9. The van der Waals surface area contributed by atoms with Crippen LogP contribution < -0.4 is 24.8 Å². The number of rotatable bonds is 9. The molecule has 1 aromatic heterocycles. The van der Waals surface area contributed by atoms with Crippen LogP contribution in [0, 0.1) is 35.2 Å². The summed E-state index contributed by atoms with van der Waals surface area (Å²) in [7, 11) is -3.14.